The van der Waals surface area contributed by atoms with Crippen molar-refractivity contribution in [2.45, 2.75) is 6.42 Å². The molecule has 17 heavy (non-hydrogen) atoms. The van der Waals surface area contributed by atoms with Gasteiger partial charge < -0.3 is 10.4 Å². The second kappa shape index (κ2) is 6.65. The first-order chi connectivity index (χ1) is 8.08. The third-order valence-corrected chi connectivity index (χ3v) is 2.18. The third kappa shape index (κ3) is 5.67. The minimum Gasteiger partial charge on any atom is -0.481 e. The first-order valence-corrected chi connectivity index (χ1v) is 5.33. The highest BCUT2D eigenvalue weighted by atomic mass is 16.4. The topological polar surface area (TPSA) is 69.6 Å². The number of hydrogen-bond donors (Lipinski definition) is 2. The van der Waals surface area contributed by atoms with Crippen molar-refractivity contribution in [1.82, 2.24) is 4.90 Å². The summed E-state index contributed by atoms with van der Waals surface area (Å²) in [5, 5.41) is 11.2. The third-order valence-electron chi connectivity index (χ3n) is 2.18. The molecule has 0 atom stereocenters. The normalized spacial score (nSPS) is 10.2. The number of carbonyl (C=O) groups excluding carboxylic acids is 1. The number of benzene rings is 1. The molecule has 1 aromatic rings. The van der Waals surface area contributed by atoms with Crippen LogP contribution in [0.2, 0.25) is 0 Å². The number of amides is 1. The zero-order valence-corrected chi connectivity index (χ0v) is 9.72. The van der Waals surface area contributed by atoms with E-state index in [1.807, 2.05) is 18.2 Å². The lowest BCUT2D eigenvalue weighted by atomic mass is 10.3. The standard InChI is InChI=1S/C12H16N2O3/c1-14(8-7-12(16)17)9-11(15)13-10-5-3-2-4-6-10/h2-6H,7-9H2,1H3,(H,13,15)(H,16,17). The molecule has 0 spiro atoms. The fourth-order valence-electron chi connectivity index (χ4n) is 1.33. The predicted molar refractivity (Wildman–Crippen MR) is 64.8 cm³/mol. The van der Waals surface area contributed by atoms with Crippen LogP contribution >= 0.6 is 0 Å². The summed E-state index contributed by atoms with van der Waals surface area (Å²) < 4.78 is 0. The lowest BCUT2D eigenvalue weighted by molar-refractivity contribution is -0.137. The van der Waals surface area contributed by atoms with Crippen molar-refractivity contribution in [3.8, 4) is 0 Å². The number of likely N-dealkylation sites (N-methyl/N-ethyl adjacent to an activating group) is 1. The lowest BCUT2D eigenvalue weighted by Gasteiger charge is -2.14. The van der Waals surface area contributed by atoms with Crippen LogP contribution < -0.4 is 5.32 Å². The van der Waals surface area contributed by atoms with Gasteiger partial charge in [-0.3, -0.25) is 14.5 Å². The number of anilines is 1. The second-order valence-electron chi connectivity index (χ2n) is 3.80. The molecule has 0 aliphatic rings. The van der Waals surface area contributed by atoms with Crippen LogP contribution in [0.15, 0.2) is 30.3 Å². The van der Waals surface area contributed by atoms with Gasteiger partial charge in [0.25, 0.3) is 0 Å². The largest absolute Gasteiger partial charge is 0.481 e. The van der Waals surface area contributed by atoms with Crippen molar-refractivity contribution < 1.29 is 14.7 Å². The first-order valence-electron chi connectivity index (χ1n) is 5.33. The van der Waals surface area contributed by atoms with Crippen molar-refractivity contribution in [2.24, 2.45) is 0 Å². The van der Waals surface area contributed by atoms with E-state index in [-0.39, 0.29) is 18.9 Å². The van der Waals surface area contributed by atoms with E-state index < -0.39 is 5.97 Å². The molecule has 0 heterocycles. The second-order valence-corrected chi connectivity index (χ2v) is 3.80. The molecule has 0 bridgehead atoms. The molecule has 0 aliphatic carbocycles. The Labute approximate surface area is 100 Å². The molecule has 1 rings (SSSR count). The van der Waals surface area contributed by atoms with Gasteiger partial charge in [-0.25, -0.2) is 0 Å². The Morgan fingerprint density at radius 3 is 2.53 bits per heavy atom. The average molecular weight is 236 g/mol. The van der Waals surface area contributed by atoms with Crippen LogP contribution in [0.1, 0.15) is 6.42 Å². The molecule has 0 unspecified atom stereocenters. The van der Waals surface area contributed by atoms with E-state index in [2.05, 4.69) is 5.32 Å². The highest BCUT2D eigenvalue weighted by Crippen LogP contribution is 2.04. The Morgan fingerprint density at radius 2 is 1.94 bits per heavy atom. The fourth-order valence-corrected chi connectivity index (χ4v) is 1.33. The van der Waals surface area contributed by atoms with Crippen molar-refractivity contribution in [3.05, 3.63) is 30.3 Å². The SMILES string of the molecule is CN(CCC(=O)O)CC(=O)Nc1ccccc1. The Morgan fingerprint density at radius 1 is 1.29 bits per heavy atom. The van der Waals surface area contributed by atoms with Gasteiger partial charge in [0, 0.05) is 12.2 Å². The Bertz CT molecular complexity index is 379. The molecule has 5 heteroatoms. The number of aliphatic carboxylic acids is 1. The molecule has 0 saturated heterocycles. The Kier molecular flexibility index (Phi) is 5.16. The first kappa shape index (κ1) is 13.2. The summed E-state index contributed by atoms with van der Waals surface area (Å²) >= 11 is 0. The van der Waals surface area contributed by atoms with Gasteiger partial charge in [0.15, 0.2) is 0 Å². The highest BCUT2D eigenvalue weighted by Gasteiger charge is 2.08. The van der Waals surface area contributed by atoms with E-state index in [1.54, 1.807) is 24.1 Å². The molecule has 1 amide bonds. The zero-order valence-electron chi connectivity index (χ0n) is 9.72. The molecule has 1 aromatic carbocycles. The number of para-hydroxylation sites is 1. The van der Waals surface area contributed by atoms with Crippen molar-refractivity contribution in [1.29, 1.82) is 0 Å². The average Bonchev–Trinajstić information content (AvgIpc) is 2.27. The van der Waals surface area contributed by atoms with Crippen molar-refractivity contribution >= 4 is 17.6 Å². The van der Waals surface area contributed by atoms with Crippen LogP contribution in [-0.2, 0) is 9.59 Å². The molecule has 0 saturated carbocycles. The Balaban J connectivity index is 2.32. The van der Waals surface area contributed by atoms with Gasteiger partial charge in [-0.1, -0.05) is 18.2 Å². The van der Waals surface area contributed by atoms with Crippen LogP contribution in [0.3, 0.4) is 0 Å². The maximum Gasteiger partial charge on any atom is 0.304 e. The summed E-state index contributed by atoms with van der Waals surface area (Å²) in [6.07, 6.45) is 0.0368. The minimum absolute atomic E-state index is 0.0368. The van der Waals surface area contributed by atoms with E-state index in [4.69, 9.17) is 5.11 Å². The van der Waals surface area contributed by atoms with Crippen LogP contribution in [0.5, 0.6) is 0 Å². The van der Waals surface area contributed by atoms with E-state index >= 15 is 0 Å². The molecule has 5 nitrogen and oxygen atoms in total. The van der Waals surface area contributed by atoms with E-state index in [0.717, 1.165) is 5.69 Å². The lowest BCUT2D eigenvalue weighted by Crippen LogP contribution is -2.31. The monoisotopic (exact) mass is 236 g/mol. The number of hydrogen-bond acceptors (Lipinski definition) is 3. The van der Waals surface area contributed by atoms with E-state index in [0.29, 0.717) is 6.54 Å². The number of rotatable bonds is 6. The molecule has 0 aliphatic heterocycles. The van der Waals surface area contributed by atoms with Gasteiger partial charge in [-0.15, -0.1) is 0 Å². The predicted octanol–water partition coefficient (Wildman–Crippen LogP) is 1.03. The van der Waals surface area contributed by atoms with E-state index in [1.165, 1.54) is 0 Å². The molecule has 0 fully saturated rings. The maximum atomic E-state index is 11.6. The summed E-state index contributed by atoms with van der Waals surface area (Å²) in [5.41, 5.74) is 0.740. The zero-order chi connectivity index (χ0) is 12.7. The van der Waals surface area contributed by atoms with Crippen molar-refractivity contribution in [2.75, 3.05) is 25.5 Å². The number of carboxylic acid groups (broad SMARTS) is 1. The van der Waals surface area contributed by atoms with Gasteiger partial charge in [-0.05, 0) is 19.2 Å². The van der Waals surface area contributed by atoms with Crippen LogP contribution in [0.25, 0.3) is 0 Å². The van der Waals surface area contributed by atoms with Crippen LogP contribution in [-0.4, -0.2) is 42.0 Å². The molecule has 92 valence electrons. The summed E-state index contributed by atoms with van der Waals surface area (Å²) in [7, 11) is 1.72. The number of nitrogens with one attached hydrogen (secondary N) is 1. The maximum absolute atomic E-state index is 11.6. The van der Waals surface area contributed by atoms with Crippen LogP contribution in [0.4, 0.5) is 5.69 Å². The molecular formula is C12H16N2O3. The number of carbonyl (C=O) groups is 2. The van der Waals surface area contributed by atoms with Gasteiger partial charge in [0.05, 0.1) is 13.0 Å². The molecular weight excluding hydrogens is 220 g/mol. The van der Waals surface area contributed by atoms with E-state index in [9.17, 15) is 9.59 Å². The van der Waals surface area contributed by atoms with Gasteiger partial charge in [0.2, 0.25) is 5.91 Å². The molecule has 0 radical (unpaired) electrons. The summed E-state index contributed by atoms with van der Waals surface area (Å²) in [6.45, 7) is 0.541. The number of nitrogens with zero attached hydrogens (tertiary/aromatic N) is 1. The Hall–Kier alpha value is -1.88. The quantitative estimate of drug-likeness (QED) is 0.774. The summed E-state index contributed by atoms with van der Waals surface area (Å²) in [5.74, 6) is -1.01. The highest BCUT2D eigenvalue weighted by molar-refractivity contribution is 5.92. The molecule has 0 aromatic heterocycles. The molecule has 2 N–H and O–H groups in total. The van der Waals surface area contributed by atoms with Gasteiger partial charge in [-0.2, -0.15) is 0 Å². The smallest absolute Gasteiger partial charge is 0.304 e. The fraction of sp³-hybridized carbons (Fsp3) is 0.333. The van der Waals surface area contributed by atoms with Crippen molar-refractivity contribution in [3.63, 3.8) is 0 Å². The van der Waals surface area contributed by atoms with Gasteiger partial charge in [0.1, 0.15) is 0 Å². The summed E-state index contributed by atoms with van der Waals surface area (Å²) in [6, 6.07) is 9.15. The summed E-state index contributed by atoms with van der Waals surface area (Å²) in [4.78, 5) is 23.6. The number of carboxylic acids is 1. The van der Waals surface area contributed by atoms with Gasteiger partial charge >= 0.3 is 5.97 Å². The van der Waals surface area contributed by atoms with Crippen LogP contribution in [0, 0.1) is 0 Å². The minimum atomic E-state index is -0.861.